The first kappa shape index (κ1) is 10.9. The Bertz CT molecular complexity index is 493. The van der Waals surface area contributed by atoms with E-state index in [0.29, 0.717) is 11.2 Å². The number of H-pyrrole nitrogens is 1. The second-order valence-corrected chi connectivity index (χ2v) is 3.64. The molecule has 2 N–H and O–H groups in total. The molecule has 0 radical (unpaired) electrons. The molecule has 0 fully saturated rings. The summed E-state index contributed by atoms with van der Waals surface area (Å²) in [7, 11) is 0. The normalized spacial score (nSPS) is 10.9. The fourth-order valence-electron chi connectivity index (χ4n) is 1.55. The van der Waals surface area contributed by atoms with Crippen LogP contribution in [0.2, 0.25) is 0 Å². The van der Waals surface area contributed by atoms with Crippen LogP contribution in [0.15, 0.2) is 12.1 Å². The second-order valence-electron chi connectivity index (χ2n) is 3.64. The third kappa shape index (κ3) is 1.85. The van der Waals surface area contributed by atoms with Crippen molar-refractivity contribution >= 4 is 16.7 Å². The Kier molecular flexibility index (Phi) is 3.03. The van der Waals surface area contributed by atoms with Gasteiger partial charge in [0.25, 0.3) is 0 Å². The number of unbranched alkanes of at least 4 members (excludes halogenated alkanes) is 1. The molecule has 0 spiro atoms. The largest absolute Gasteiger partial charge is 0.368 e. The first-order valence-corrected chi connectivity index (χ1v) is 5.30. The predicted molar refractivity (Wildman–Crippen MR) is 59.4 cm³/mol. The highest BCUT2D eigenvalue weighted by atomic mass is 19.2. The van der Waals surface area contributed by atoms with Gasteiger partial charge in [-0.25, -0.2) is 8.78 Å². The van der Waals surface area contributed by atoms with Crippen LogP contribution in [0.25, 0.3) is 10.9 Å². The molecule has 16 heavy (non-hydrogen) atoms. The van der Waals surface area contributed by atoms with Crippen LogP contribution >= 0.6 is 0 Å². The molecule has 0 aliphatic carbocycles. The van der Waals surface area contributed by atoms with Gasteiger partial charge in [0.05, 0.1) is 0 Å². The Hall–Kier alpha value is -1.65. The first-order valence-electron chi connectivity index (χ1n) is 5.30. The molecule has 0 saturated carbocycles. The lowest BCUT2D eigenvalue weighted by Gasteiger charge is -2.01. The molecule has 0 atom stereocenters. The zero-order valence-corrected chi connectivity index (χ0v) is 8.98. The molecule has 0 aliphatic heterocycles. The lowest BCUT2D eigenvalue weighted by atomic mass is 10.2. The molecular formula is C11H13F2N3. The fourth-order valence-corrected chi connectivity index (χ4v) is 1.55. The number of aromatic amines is 1. The van der Waals surface area contributed by atoms with E-state index in [2.05, 4.69) is 22.4 Å². The Morgan fingerprint density at radius 1 is 1.38 bits per heavy atom. The molecule has 3 nitrogen and oxygen atoms in total. The van der Waals surface area contributed by atoms with Crippen LogP contribution in [0.5, 0.6) is 0 Å². The molecule has 0 saturated heterocycles. The number of rotatable bonds is 4. The summed E-state index contributed by atoms with van der Waals surface area (Å²) in [4.78, 5) is 0. The molecule has 2 aromatic rings. The van der Waals surface area contributed by atoms with Crippen molar-refractivity contribution in [1.82, 2.24) is 10.2 Å². The average molecular weight is 225 g/mol. The summed E-state index contributed by atoms with van der Waals surface area (Å²) in [5.41, 5.74) is 0.110. The molecule has 0 amide bonds. The fraction of sp³-hybridized carbons (Fsp3) is 0.364. The summed E-state index contributed by atoms with van der Waals surface area (Å²) in [5.74, 6) is -1.17. The highest BCUT2D eigenvalue weighted by Gasteiger charge is 2.12. The molecule has 86 valence electrons. The van der Waals surface area contributed by atoms with Gasteiger partial charge in [-0.05, 0) is 18.6 Å². The third-order valence-corrected chi connectivity index (χ3v) is 2.45. The van der Waals surface area contributed by atoms with Crippen molar-refractivity contribution in [2.24, 2.45) is 0 Å². The summed E-state index contributed by atoms with van der Waals surface area (Å²) in [6, 6.07) is 2.63. The molecule has 2 rings (SSSR count). The Morgan fingerprint density at radius 2 is 2.19 bits per heavy atom. The summed E-state index contributed by atoms with van der Waals surface area (Å²) in [6.45, 7) is 2.86. The SMILES string of the molecule is CCCCNc1n[nH]c2c(F)c(F)ccc12. The minimum absolute atomic E-state index is 0.110. The maximum absolute atomic E-state index is 13.3. The molecule has 0 aliphatic rings. The van der Waals surface area contributed by atoms with E-state index in [0.717, 1.165) is 25.5 Å². The lowest BCUT2D eigenvalue weighted by molar-refractivity contribution is 0.515. The van der Waals surface area contributed by atoms with Gasteiger partial charge < -0.3 is 5.32 Å². The molecule has 5 heteroatoms. The van der Waals surface area contributed by atoms with Crippen molar-refractivity contribution in [3.05, 3.63) is 23.8 Å². The minimum atomic E-state index is -0.881. The summed E-state index contributed by atoms with van der Waals surface area (Å²) < 4.78 is 26.2. The van der Waals surface area contributed by atoms with Crippen LogP contribution in [0, 0.1) is 11.6 Å². The predicted octanol–water partition coefficient (Wildman–Crippen LogP) is 3.05. The number of aromatic nitrogens is 2. The van der Waals surface area contributed by atoms with E-state index in [1.165, 1.54) is 6.07 Å². The van der Waals surface area contributed by atoms with Crippen LogP contribution in [-0.4, -0.2) is 16.7 Å². The Balaban J connectivity index is 2.31. The van der Waals surface area contributed by atoms with E-state index in [-0.39, 0.29) is 5.52 Å². The van der Waals surface area contributed by atoms with Crippen molar-refractivity contribution in [2.45, 2.75) is 19.8 Å². The second kappa shape index (κ2) is 4.47. The van der Waals surface area contributed by atoms with Gasteiger partial charge >= 0.3 is 0 Å². The molecule has 1 aromatic heterocycles. The van der Waals surface area contributed by atoms with Crippen molar-refractivity contribution in [3.8, 4) is 0 Å². The van der Waals surface area contributed by atoms with Gasteiger partial charge in [0.1, 0.15) is 5.52 Å². The lowest BCUT2D eigenvalue weighted by Crippen LogP contribution is -2.01. The minimum Gasteiger partial charge on any atom is -0.368 e. The van der Waals surface area contributed by atoms with Crippen LogP contribution in [0.3, 0.4) is 0 Å². The Labute approximate surface area is 91.9 Å². The standard InChI is InChI=1S/C11H13F2N3/c1-2-3-6-14-11-7-4-5-8(12)9(13)10(7)15-16-11/h4-5H,2-3,6H2,1H3,(H2,14,15,16). The van der Waals surface area contributed by atoms with Crippen LogP contribution in [0.4, 0.5) is 14.6 Å². The highest BCUT2D eigenvalue weighted by Crippen LogP contribution is 2.24. The van der Waals surface area contributed by atoms with Crippen molar-refractivity contribution in [3.63, 3.8) is 0 Å². The van der Waals surface area contributed by atoms with Gasteiger partial charge in [-0.3, -0.25) is 5.10 Å². The molecular weight excluding hydrogens is 212 g/mol. The monoisotopic (exact) mass is 225 g/mol. The van der Waals surface area contributed by atoms with Crippen molar-refractivity contribution < 1.29 is 8.78 Å². The van der Waals surface area contributed by atoms with E-state index < -0.39 is 11.6 Å². The van der Waals surface area contributed by atoms with Crippen LogP contribution in [-0.2, 0) is 0 Å². The van der Waals surface area contributed by atoms with Gasteiger partial charge in [-0.15, -0.1) is 0 Å². The highest BCUT2D eigenvalue weighted by molar-refractivity contribution is 5.90. The van der Waals surface area contributed by atoms with Gasteiger partial charge in [-0.1, -0.05) is 13.3 Å². The summed E-state index contributed by atoms with van der Waals surface area (Å²) in [5, 5.41) is 10.1. The number of halogens is 2. The number of anilines is 1. The quantitative estimate of drug-likeness (QED) is 0.785. The van der Waals surface area contributed by atoms with E-state index in [4.69, 9.17) is 0 Å². The van der Waals surface area contributed by atoms with Crippen molar-refractivity contribution in [2.75, 3.05) is 11.9 Å². The average Bonchev–Trinajstić information content (AvgIpc) is 2.68. The molecule has 1 aromatic carbocycles. The van der Waals surface area contributed by atoms with Crippen molar-refractivity contribution in [1.29, 1.82) is 0 Å². The van der Waals surface area contributed by atoms with E-state index in [9.17, 15) is 8.78 Å². The molecule has 1 heterocycles. The van der Waals surface area contributed by atoms with Crippen LogP contribution < -0.4 is 5.32 Å². The Morgan fingerprint density at radius 3 is 2.94 bits per heavy atom. The van der Waals surface area contributed by atoms with E-state index >= 15 is 0 Å². The molecule has 0 unspecified atom stereocenters. The maximum atomic E-state index is 13.3. The zero-order valence-electron chi connectivity index (χ0n) is 8.98. The van der Waals surface area contributed by atoms with E-state index in [1.807, 2.05) is 0 Å². The number of benzene rings is 1. The van der Waals surface area contributed by atoms with E-state index in [1.54, 1.807) is 0 Å². The van der Waals surface area contributed by atoms with Gasteiger partial charge in [0, 0.05) is 11.9 Å². The van der Waals surface area contributed by atoms with Gasteiger partial charge in [-0.2, -0.15) is 5.10 Å². The number of fused-ring (bicyclic) bond motifs is 1. The maximum Gasteiger partial charge on any atom is 0.184 e. The molecule has 0 bridgehead atoms. The number of nitrogens with zero attached hydrogens (tertiary/aromatic N) is 1. The summed E-state index contributed by atoms with van der Waals surface area (Å²) >= 11 is 0. The first-order chi connectivity index (χ1) is 7.74. The number of hydrogen-bond acceptors (Lipinski definition) is 2. The number of nitrogens with one attached hydrogen (secondary N) is 2. The van der Waals surface area contributed by atoms with Crippen LogP contribution in [0.1, 0.15) is 19.8 Å². The smallest absolute Gasteiger partial charge is 0.184 e. The van der Waals surface area contributed by atoms with Gasteiger partial charge in [0.15, 0.2) is 17.5 Å². The third-order valence-electron chi connectivity index (χ3n) is 2.45. The zero-order chi connectivity index (χ0) is 11.5. The topological polar surface area (TPSA) is 40.7 Å². The number of hydrogen-bond donors (Lipinski definition) is 2. The summed E-state index contributed by atoms with van der Waals surface area (Å²) in [6.07, 6.45) is 2.08. The van der Waals surface area contributed by atoms with Gasteiger partial charge in [0.2, 0.25) is 0 Å².